The molecule has 0 fully saturated rings. The van der Waals surface area contributed by atoms with E-state index in [2.05, 4.69) is 4.52 Å². The van der Waals surface area contributed by atoms with Gasteiger partial charge in [0.25, 0.3) is 0 Å². The van der Waals surface area contributed by atoms with E-state index < -0.39 is 7.82 Å². The van der Waals surface area contributed by atoms with Crippen LogP contribution >= 0.6 is 7.82 Å². The van der Waals surface area contributed by atoms with E-state index in [9.17, 15) is 14.4 Å². The maximum absolute atomic E-state index is 9.48. The molecule has 0 aromatic heterocycles. The van der Waals surface area contributed by atoms with Crippen LogP contribution < -0.4 is 22.1 Å². The van der Waals surface area contributed by atoms with Gasteiger partial charge in [-0.05, 0) is 6.92 Å². The molecule has 0 spiro atoms. The second kappa shape index (κ2) is 6.15. The highest BCUT2D eigenvalue weighted by molar-refractivity contribution is 7.43. The molecular weight excluding hydrogens is 147 g/mol. The Hall–Kier alpha value is 0.0300. The van der Waals surface area contributed by atoms with Gasteiger partial charge in [-0.2, -0.15) is 0 Å². The molecule has 0 aliphatic rings. The van der Waals surface area contributed by atoms with Gasteiger partial charge in [0.1, 0.15) is 0 Å². The summed E-state index contributed by atoms with van der Waals surface area (Å²) in [5.41, 5.74) is 0. The molecule has 6 N–H and O–H groups in total. The lowest BCUT2D eigenvalue weighted by atomic mass is 10.9. The minimum Gasteiger partial charge on any atom is -0.790 e. The van der Waals surface area contributed by atoms with Crippen molar-refractivity contribution in [1.29, 1.82) is 0 Å². The second-order valence-electron chi connectivity index (χ2n) is 0.865. The summed E-state index contributed by atoms with van der Waals surface area (Å²) in [6.45, 7) is 1.35. The highest BCUT2D eigenvalue weighted by atomic mass is 31.2. The number of rotatable bonds is 2. The molecule has 0 heterocycles. The average molecular weight is 158 g/mol. The summed E-state index contributed by atoms with van der Waals surface area (Å²) in [4.78, 5) is 19.0. The summed E-state index contributed by atoms with van der Waals surface area (Å²) in [6, 6.07) is 0. The van der Waals surface area contributed by atoms with Crippen LogP contribution in [0.4, 0.5) is 0 Å². The van der Waals surface area contributed by atoms with Crippen LogP contribution in [-0.4, -0.2) is 6.61 Å². The monoisotopic (exact) mass is 158 g/mol. The predicted molar refractivity (Wildman–Crippen MR) is 29.3 cm³/mol. The lowest BCUT2D eigenvalue weighted by Gasteiger charge is -2.27. The Labute approximate surface area is 53.6 Å². The molecule has 7 heteroatoms. The maximum Gasteiger partial charge on any atom is 0.0596 e. The van der Waals surface area contributed by atoms with Gasteiger partial charge in [-0.25, -0.2) is 0 Å². The summed E-state index contributed by atoms with van der Waals surface area (Å²) < 4.78 is 13.2. The zero-order chi connectivity index (χ0) is 5.91. The Bertz CT molecular complexity index is 90.6. The SMILES string of the molecule is CCOP(=O)([O-])[O-].N.N. The Kier molecular flexibility index (Phi) is 11.0. The number of phosphoric ester groups is 1. The van der Waals surface area contributed by atoms with Gasteiger partial charge in [-0.15, -0.1) is 0 Å². The average Bonchev–Trinajstić information content (AvgIpc) is 1.30. The van der Waals surface area contributed by atoms with Crippen LogP contribution in [0.2, 0.25) is 0 Å². The van der Waals surface area contributed by atoms with E-state index in [4.69, 9.17) is 0 Å². The summed E-state index contributed by atoms with van der Waals surface area (Å²) >= 11 is 0. The zero-order valence-corrected chi connectivity index (χ0v) is 6.10. The quantitative estimate of drug-likeness (QED) is 0.502. The minimum atomic E-state index is -4.67. The predicted octanol–water partition coefficient (Wildman–Crippen LogP) is -0.824. The first kappa shape index (κ1) is 16.0. The molecule has 0 amide bonds. The summed E-state index contributed by atoms with van der Waals surface area (Å²) in [6.07, 6.45) is 0. The van der Waals surface area contributed by atoms with E-state index in [1.165, 1.54) is 6.92 Å². The fourth-order valence-corrected chi connectivity index (χ4v) is 0.474. The van der Waals surface area contributed by atoms with Crippen LogP contribution in [0, 0.1) is 0 Å². The lowest BCUT2D eigenvalue weighted by Crippen LogP contribution is -2.15. The van der Waals surface area contributed by atoms with Crippen molar-refractivity contribution in [2.75, 3.05) is 6.61 Å². The Morgan fingerprint density at radius 2 is 1.78 bits per heavy atom. The Morgan fingerprint density at radius 1 is 1.44 bits per heavy atom. The van der Waals surface area contributed by atoms with Crippen molar-refractivity contribution in [3.8, 4) is 0 Å². The number of phosphoric acid groups is 1. The van der Waals surface area contributed by atoms with Gasteiger partial charge in [-0.3, -0.25) is 0 Å². The van der Waals surface area contributed by atoms with Gasteiger partial charge in [0.15, 0.2) is 0 Å². The van der Waals surface area contributed by atoms with Crippen LogP contribution in [0.15, 0.2) is 0 Å². The van der Waals surface area contributed by atoms with Gasteiger partial charge in [0.05, 0.1) is 7.82 Å². The van der Waals surface area contributed by atoms with Crippen LogP contribution in [0.1, 0.15) is 6.92 Å². The molecule has 0 aromatic carbocycles. The third-order valence-electron chi connectivity index (χ3n) is 0.287. The zero-order valence-electron chi connectivity index (χ0n) is 5.20. The first-order valence-electron chi connectivity index (χ1n) is 1.73. The lowest BCUT2D eigenvalue weighted by molar-refractivity contribution is -0.341. The van der Waals surface area contributed by atoms with Crippen LogP contribution in [-0.2, 0) is 9.09 Å². The van der Waals surface area contributed by atoms with Crippen LogP contribution in [0.5, 0.6) is 0 Å². The first-order valence-corrected chi connectivity index (χ1v) is 3.19. The van der Waals surface area contributed by atoms with Gasteiger partial charge in [-0.1, -0.05) is 0 Å². The molecule has 0 atom stereocenters. The summed E-state index contributed by atoms with van der Waals surface area (Å²) in [5, 5.41) is 0. The minimum absolute atomic E-state index is 0. The number of hydrogen-bond donors (Lipinski definition) is 2. The fraction of sp³-hybridized carbons (Fsp3) is 1.00. The van der Waals surface area contributed by atoms with Crippen molar-refractivity contribution in [2.24, 2.45) is 0 Å². The van der Waals surface area contributed by atoms with Crippen molar-refractivity contribution in [3.63, 3.8) is 0 Å². The van der Waals surface area contributed by atoms with Crippen LogP contribution in [0.25, 0.3) is 0 Å². The molecule has 0 aromatic rings. The molecule has 0 unspecified atom stereocenters. The molecule has 0 rings (SSSR count). The van der Waals surface area contributed by atoms with Gasteiger partial charge in [0, 0.05) is 6.61 Å². The van der Waals surface area contributed by atoms with E-state index in [1.807, 2.05) is 0 Å². The topological polar surface area (TPSA) is 142 Å². The molecule has 0 aliphatic heterocycles. The molecule has 0 bridgehead atoms. The van der Waals surface area contributed by atoms with Crippen molar-refractivity contribution < 1.29 is 18.9 Å². The third kappa shape index (κ3) is 18.0. The number of hydrogen-bond acceptors (Lipinski definition) is 6. The van der Waals surface area contributed by atoms with E-state index in [0.29, 0.717) is 0 Å². The highest BCUT2D eigenvalue weighted by Gasteiger charge is 1.81. The molecule has 9 heavy (non-hydrogen) atoms. The van der Waals surface area contributed by atoms with Crippen LogP contribution in [0.3, 0.4) is 0 Å². The standard InChI is InChI=1S/C2H7O4P.2H3N/c1-2-6-7(3,4)5;;/h2H2,1H3,(H2,3,4,5);2*1H3/p-2. The molecule has 60 valence electrons. The highest BCUT2D eigenvalue weighted by Crippen LogP contribution is 2.23. The Balaban J connectivity index is -0.000000180. The van der Waals surface area contributed by atoms with Crippen molar-refractivity contribution in [1.82, 2.24) is 12.3 Å². The maximum atomic E-state index is 9.48. The second-order valence-corrected chi connectivity index (χ2v) is 2.02. The van der Waals surface area contributed by atoms with Crippen molar-refractivity contribution >= 4 is 7.82 Å². The summed E-state index contributed by atoms with van der Waals surface area (Å²) in [5.74, 6) is 0. The van der Waals surface area contributed by atoms with Crippen molar-refractivity contribution in [2.45, 2.75) is 6.92 Å². The van der Waals surface area contributed by atoms with Crippen molar-refractivity contribution in [3.05, 3.63) is 0 Å². The van der Waals surface area contributed by atoms with E-state index >= 15 is 0 Å². The first-order chi connectivity index (χ1) is 3.06. The molecule has 0 saturated heterocycles. The molecule has 0 saturated carbocycles. The Morgan fingerprint density at radius 3 is 1.78 bits per heavy atom. The smallest absolute Gasteiger partial charge is 0.0596 e. The normalized spacial score (nSPS) is 9.22. The van der Waals surface area contributed by atoms with Gasteiger partial charge in [0.2, 0.25) is 0 Å². The van der Waals surface area contributed by atoms with E-state index in [1.54, 1.807) is 0 Å². The summed E-state index contributed by atoms with van der Waals surface area (Å²) in [7, 11) is -4.67. The molecule has 0 aliphatic carbocycles. The molecular formula is C2H11N2O4P-2. The fourth-order valence-electron chi connectivity index (χ4n) is 0.158. The van der Waals surface area contributed by atoms with E-state index in [-0.39, 0.29) is 18.9 Å². The largest absolute Gasteiger partial charge is 0.790 e. The van der Waals surface area contributed by atoms with E-state index in [0.717, 1.165) is 0 Å². The third-order valence-corrected chi connectivity index (χ3v) is 0.862. The molecule has 6 nitrogen and oxygen atoms in total. The molecule has 0 radical (unpaired) electrons. The van der Waals surface area contributed by atoms with Gasteiger partial charge < -0.3 is 31.2 Å². The van der Waals surface area contributed by atoms with Gasteiger partial charge >= 0.3 is 0 Å².